The molecule has 0 heterocycles. The number of anilines is 1. The largest absolute Gasteiger partial charge is 0.483 e. The summed E-state index contributed by atoms with van der Waals surface area (Å²) in [5.41, 5.74) is 1.25. The first-order chi connectivity index (χ1) is 12.3. The fourth-order valence-corrected chi connectivity index (χ4v) is 2.27. The third-order valence-electron chi connectivity index (χ3n) is 3.72. The number of hydrogen-bond donors (Lipinski definition) is 2. The fraction of sp³-hybridized carbons (Fsp3) is 0.333. The average Bonchev–Trinajstić information content (AvgIpc) is 2.60. The Labute approximate surface area is 154 Å². The summed E-state index contributed by atoms with van der Waals surface area (Å²) in [6.07, 6.45) is 0.884. The molecule has 2 aromatic carbocycles. The molecule has 0 spiro atoms. The Hall–Kier alpha value is -2.82. The molecule has 0 aromatic heterocycles. The molecule has 26 heavy (non-hydrogen) atoms. The summed E-state index contributed by atoms with van der Waals surface area (Å²) in [5, 5.41) is 5.65. The van der Waals surface area contributed by atoms with Gasteiger partial charge in [-0.1, -0.05) is 51.1 Å². The van der Waals surface area contributed by atoms with E-state index in [1.54, 1.807) is 24.3 Å². The lowest BCUT2D eigenvalue weighted by atomic mass is 9.92. The van der Waals surface area contributed by atoms with E-state index < -0.39 is 0 Å². The molecule has 0 atom stereocenters. The van der Waals surface area contributed by atoms with Crippen LogP contribution in [0.4, 0.5) is 5.69 Å². The van der Waals surface area contributed by atoms with Gasteiger partial charge in [-0.3, -0.25) is 9.59 Å². The van der Waals surface area contributed by atoms with Crippen LogP contribution in [-0.2, 0) is 4.79 Å². The van der Waals surface area contributed by atoms with Gasteiger partial charge in [-0.05, 0) is 36.1 Å². The maximum absolute atomic E-state index is 12.5. The normalized spacial score (nSPS) is 10.9. The third kappa shape index (κ3) is 6.59. The molecule has 2 rings (SSSR count). The molecule has 0 aliphatic carbocycles. The molecule has 0 aliphatic rings. The lowest BCUT2D eigenvalue weighted by Gasteiger charge is -2.18. The van der Waals surface area contributed by atoms with E-state index in [1.807, 2.05) is 30.3 Å². The van der Waals surface area contributed by atoms with E-state index in [0.717, 1.165) is 6.42 Å². The second-order valence-corrected chi connectivity index (χ2v) is 7.27. The van der Waals surface area contributed by atoms with Crippen LogP contribution in [-0.4, -0.2) is 25.0 Å². The van der Waals surface area contributed by atoms with Crippen molar-refractivity contribution in [3.8, 4) is 5.75 Å². The number of para-hydroxylation sites is 2. The Morgan fingerprint density at radius 3 is 2.31 bits per heavy atom. The predicted octanol–water partition coefficient (Wildman–Crippen LogP) is 3.87. The first-order valence-electron chi connectivity index (χ1n) is 8.70. The van der Waals surface area contributed by atoms with Crippen molar-refractivity contribution in [1.29, 1.82) is 0 Å². The lowest BCUT2D eigenvalue weighted by molar-refractivity contribution is -0.123. The zero-order valence-corrected chi connectivity index (χ0v) is 15.5. The highest BCUT2D eigenvalue weighted by molar-refractivity contribution is 6.06. The number of rotatable bonds is 7. The Morgan fingerprint density at radius 1 is 0.962 bits per heavy atom. The Morgan fingerprint density at radius 2 is 1.62 bits per heavy atom. The van der Waals surface area contributed by atoms with Crippen LogP contribution in [0.5, 0.6) is 5.75 Å². The topological polar surface area (TPSA) is 67.4 Å². The van der Waals surface area contributed by atoms with E-state index in [-0.39, 0.29) is 23.8 Å². The van der Waals surface area contributed by atoms with Crippen molar-refractivity contribution in [2.45, 2.75) is 27.2 Å². The van der Waals surface area contributed by atoms with E-state index in [1.165, 1.54) is 0 Å². The standard InChI is InChI=1S/C21H26N2O3/c1-21(2,3)13-14-22-19(24)15-26-18-12-8-7-11-17(18)20(25)23-16-9-5-4-6-10-16/h4-12H,13-15H2,1-3H3,(H,22,24)(H,23,25). The maximum atomic E-state index is 12.5. The zero-order chi connectivity index (χ0) is 19.0. The molecule has 2 aromatic rings. The van der Waals surface area contributed by atoms with E-state index in [2.05, 4.69) is 31.4 Å². The van der Waals surface area contributed by atoms with Crippen LogP contribution >= 0.6 is 0 Å². The van der Waals surface area contributed by atoms with Crippen molar-refractivity contribution in [2.24, 2.45) is 5.41 Å². The van der Waals surface area contributed by atoms with Gasteiger partial charge in [-0.2, -0.15) is 0 Å². The molecule has 2 N–H and O–H groups in total. The third-order valence-corrected chi connectivity index (χ3v) is 3.72. The first-order valence-corrected chi connectivity index (χ1v) is 8.70. The Kier molecular flexibility index (Phi) is 6.78. The predicted molar refractivity (Wildman–Crippen MR) is 103 cm³/mol. The van der Waals surface area contributed by atoms with Gasteiger partial charge in [-0.25, -0.2) is 0 Å². The van der Waals surface area contributed by atoms with Crippen LogP contribution in [0.15, 0.2) is 54.6 Å². The lowest BCUT2D eigenvalue weighted by Crippen LogP contribution is -2.31. The molecule has 0 aliphatic heterocycles. The molecule has 0 saturated carbocycles. The van der Waals surface area contributed by atoms with Crippen LogP contribution in [0.25, 0.3) is 0 Å². The summed E-state index contributed by atoms with van der Waals surface area (Å²) >= 11 is 0. The first kappa shape index (κ1) is 19.5. The summed E-state index contributed by atoms with van der Waals surface area (Å²) in [7, 11) is 0. The minimum absolute atomic E-state index is 0.125. The van der Waals surface area contributed by atoms with Crippen LogP contribution < -0.4 is 15.4 Å². The van der Waals surface area contributed by atoms with Crippen LogP contribution in [0.3, 0.4) is 0 Å². The highest BCUT2D eigenvalue weighted by atomic mass is 16.5. The number of nitrogens with one attached hydrogen (secondary N) is 2. The van der Waals surface area contributed by atoms with Crippen molar-refractivity contribution in [3.63, 3.8) is 0 Å². The SMILES string of the molecule is CC(C)(C)CCNC(=O)COc1ccccc1C(=O)Nc1ccccc1. The van der Waals surface area contributed by atoms with Gasteiger partial charge in [0.1, 0.15) is 5.75 Å². The molecule has 2 amide bonds. The van der Waals surface area contributed by atoms with Gasteiger partial charge in [-0.15, -0.1) is 0 Å². The summed E-state index contributed by atoms with van der Waals surface area (Å²) in [6, 6.07) is 16.1. The van der Waals surface area contributed by atoms with Crippen molar-refractivity contribution in [3.05, 3.63) is 60.2 Å². The maximum Gasteiger partial charge on any atom is 0.259 e. The number of carbonyl (C=O) groups is 2. The van der Waals surface area contributed by atoms with Crippen molar-refractivity contribution < 1.29 is 14.3 Å². The van der Waals surface area contributed by atoms with E-state index in [9.17, 15) is 9.59 Å². The van der Waals surface area contributed by atoms with Crippen LogP contribution in [0, 0.1) is 5.41 Å². The van der Waals surface area contributed by atoms with Gasteiger partial charge >= 0.3 is 0 Å². The second-order valence-electron chi connectivity index (χ2n) is 7.27. The molecule has 0 fully saturated rings. The van der Waals surface area contributed by atoms with Gasteiger partial charge in [0, 0.05) is 12.2 Å². The highest BCUT2D eigenvalue weighted by Crippen LogP contribution is 2.20. The highest BCUT2D eigenvalue weighted by Gasteiger charge is 2.14. The molecule has 138 valence electrons. The molecule has 0 bridgehead atoms. The Balaban J connectivity index is 1.92. The van der Waals surface area contributed by atoms with Gasteiger partial charge in [0.15, 0.2) is 6.61 Å². The smallest absolute Gasteiger partial charge is 0.259 e. The van der Waals surface area contributed by atoms with Crippen molar-refractivity contribution >= 4 is 17.5 Å². The minimum atomic E-state index is -0.278. The van der Waals surface area contributed by atoms with Crippen LogP contribution in [0.2, 0.25) is 0 Å². The van der Waals surface area contributed by atoms with E-state index in [0.29, 0.717) is 23.5 Å². The number of ether oxygens (including phenoxy) is 1. The molecular formula is C21H26N2O3. The van der Waals surface area contributed by atoms with Gasteiger partial charge in [0.05, 0.1) is 5.56 Å². The Bertz CT molecular complexity index is 736. The van der Waals surface area contributed by atoms with E-state index in [4.69, 9.17) is 4.74 Å². The summed E-state index contributed by atoms with van der Waals surface area (Å²) in [6.45, 7) is 6.84. The molecule has 5 heteroatoms. The summed E-state index contributed by atoms with van der Waals surface area (Å²) < 4.78 is 5.57. The molecule has 0 radical (unpaired) electrons. The fourth-order valence-electron chi connectivity index (χ4n) is 2.27. The number of hydrogen-bond acceptors (Lipinski definition) is 3. The summed E-state index contributed by atoms with van der Waals surface area (Å²) in [5.74, 6) is -0.0978. The minimum Gasteiger partial charge on any atom is -0.483 e. The molecular weight excluding hydrogens is 328 g/mol. The monoisotopic (exact) mass is 354 g/mol. The van der Waals surface area contributed by atoms with Crippen molar-refractivity contribution in [2.75, 3.05) is 18.5 Å². The van der Waals surface area contributed by atoms with Crippen molar-refractivity contribution in [1.82, 2.24) is 5.32 Å². The van der Waals surface area contributed by atoms with Crippen LogP contribution in [0.1, 0.15) is 37.6 Å². The quantitative estimate of drug-likeness (QED) is 0.793. The number of amides is 2. The molecule has 5 nitrogen and oxygen atoms in total. The average molecular weight is 354 g/mol. The van der Waals surface area contributed by atoms with E-state index >= 15 is 0 Å². The number of carbonyl (C=O) groups excluding carboxylic acids is 2. The zero-order valence-electron chi connectivity index (χ0n) is 15.5. The number of benzene rings is 2. The summed E-state index contributed by atoms with van der Waals surface area (Å²) in [4.78, 5) is 24.4. The second kappa shape index (κ2) is 9.04. The molecule has 0 unspecified atom stereocenters. The van der Waals surface area contributed by atoms with Gasteiger partial charge in [0.2, 0.25) is 0 Å². The van der Waals surface area contributed by atoms with Gasteiger partial charge < -0.3 is 15.4 Å². The van der Waals surface area contributed by atoms with Gasteiger partial charge in [0.25, 0.3) is 11.8 Å². The molecule has 0 saturated heterocycles.